The maximum atomic E-state index is 5.72. The lowest BCUT2D eigenvalue weighted by Gasteiger charge is -2.05. The number of rotatable bonds is 1. The summed E-state index contributed by atoms with van der Waals surface area (Å²) in [6.45, 7) is 2.20. The molecule has 0 amide bonds. The molecule has 0 aromatic carbocycles. The van der Waals surface area contributed by atoms with Crippen LogP contribution < -0.4 is 11.5 Å². The summed E-state index contributed by atoms with van der Waals surface area (Å²) in [5.41, 5.74) is 11.4. The summed E-state index contributed by atoms with van der Waals surface area (Å²) in [7, 11) is 0. The molecule has 2 atom stereocenters. The fraction of sp³-hybridized carbons (Fsp3) is 1.00. The van der Waals surface area contributed by atoms with Gasteiger partial charge in [-0.2, -0.15) is 0 Å². The Hall–Kier alpha value is -0.0800. The van der Waals surface area contributed by atoms with Gasteiger partial charge in [0.2, 0.25) is 0 Å². The van der Waals surface area contributed by atoms with E-state index in [4.69, 9.17) is 11.5 Å². The molecule has 4 N–H and O–H groups in total. The zero-order valence-electron chi connectivity index (χ0n) is 6.01. The van der Waals surface area contributed by atoms with Gasteiger partial charge >= 0.3 is 0 Å². The smallest absolute Gasteiger partial charge is 0.0195 e. The van der Waals surface area contributed by atoms with Crippen LogP contribution >= 0.6 is 0 Å². The van der Waals surface area contributed by atoms with Crippen LogP contribution in [0.25, 0.3) is 0 Å². The van der Waals surface area contributed by atoms with Crippen LogP contribution in [-0.2, 0) is 0 Å². The quantitative estimate of drug-likeness (QED) is 0.539. The Bertz CT molecular complexity index is 82.9. The van der Waals surface area contributed by atoms with Gasteiger partial charge in [0.15, 0.2) is 0 Å². The minimum atomic E-state index is 0.273. The van der Waals surface area contributed by atoms with Gasteiger partial charge in [-0.1, -0.05) is 13.3 Å². The van der Waals surface area contributed by atoms with Gasteiger partial charge in [-0.3, -0.25) is 0 Å². The maximum absolute atomic E-state index is 5.72. The Labute approximate surface area is 56.6 Å². The monoisotopic (exact) mass is 128 g/mol. The van der Waals surface area contributed by atoms with Gasteiger partial charge in [-0.05, 0) is 18.8 Å². The molecule has 1 saturated carbocycles. The van der Waals surface area contributed by atoms with Crippen molar-refractivity contribution in [2.24, 2.45) is 17.4 Å². The van der Waals surface area contributed by atoms with E-state index in [2.05, 4.69) is 6.92 Å². The molecule has 2 nitrogen and oxygen atoms in total. The van der Waals surface area contributed by atoms with Crippen molar-refractivity contribution in [3.05, 3.63) is 0 Å². The second-order valence-electron chi connectivity index (χ2n) is 3.07. The van der Waals surface area contributed by atoms with E-state index >= 15 is 0 Å². The largest absolute Gasteiger partial charge is 0.326 e. The Kier molecular flexibility index (Phi) is 2.09. The lowest BCUT2D eigenvalue weighted by molar-refractivity contribution is 0.517. The molecule has 9 heavy (non-hydrogen) atoms. The summed E-state index contributed by atoms with van der Waals surface area (Å²) in [4.78, 5) is 0. The highest BCUT2D eigenvalue weighted by Gasteiger charge is 2.27. The van der Waals surface area contributed by atoms with Crippen LogP contribution in [0, 0.1) is 5.92 Å². The molecule has 0 aromatic heterocycles. The maximum Gasteiger partial charge on any atom is 0.0195 e. The van der Waals surface area contributed by atoms with Crippen molar-refractivity contribution in [3.63, 3.8) is 0 Å². The summed E-state index contributed by atoms with van der Waals surface area (Å²) < 4.78 is 0. The van der Waals surface area contributed by atoms with Crippen molar-refractivity contribution in [2.45, 2.75) is 38.3 Å². The van der Waals surface area contributed by atoms with Crippen molar-refractivity contribution in [1.82, 2.24) is 0 Å². The predicted molar refractivity (Wildman–Crippen MR) is 39.0 cm³/mol. The van der Waals surface area contributed by atoms with Crippen LogP contribution in [0.2, 0.25) is 0 Å². The standard InChI is InChI=1S/C7H16N2/c1-2-5-3-6(8)7(9)4-5/h5-7H,2-4,8-9H2,1H3. The van der Waals surface area contributed by atoms with E-state index in [-0.39, 0.29) is 12.1 Å². The van der Waals surface area contributed by atoms with E-state index in [0.29, 0.717) is 0 Å². The molecule has 0 heterocycles. The molecule has 1 aliphatic carbocycles. The molecule has 1 fully saturated rings. The Morgan fingerprint density at radius 1 is 1.22 bits per heavy atom. The van der Waals surface area contributed by atoms with Crippen LogP contribution in [-0.4, -0.2) is 12.1 Å². The van der Waals surface area contributed by atoms with Gasteiger partial charge < -0.3 is 11.5 Å². The normalized spacial score (nSPS) is 43.7. The second kappa shape index (κ2) is 2.67. The first-order chi connectivity index (χ1) is 4.24. The summed E-state index contributed by atoms with van der Waals surface area (Å²) >= 11 is 0. The molecule has 54 valence electrons. The van der Waals surface area contributed by atoms with Crippen molar-refractivity contribution >= 4 is 0 Å². The predicted octanol–water partition coefficient (Wildman–Crippen LogP) is 0.461. The molecular formula is C7H16N2. The lowest BCUT2D eigenvalue weighted by atomic mass is 10.1. The first kappa shape index (κ1) is 7.03. The third-order valence-electron chi connectivity index (χ3n) is 2.34. The molecule has 0 radical (unpaired) electrons. The minimum absolute atomic E-state index is 0.273. The third-order valence-corrected chi connectivity index (χ3v) is 2.34. The zero-order valence-corrected chi connectivity index (χ0v) is 6.01. The van der Waals surface area contributed by atoms with Crippen molar-refractivity contribution in [2.75, 3.05) is 0 Å². The Morgan fingerprint density at radius 3 is 1.89 bits per heavy atom. The average Bonchev–Trinajstić information content (AvgIpc) is 2.13. The molecular weight excluding hydrogens is 112 g/mol. The molecule has 0 aromatic rings. The van der Waals surface area contributed by atoms with E-state index in [0.717, 1.165) is 18.8 Å². The zero-order chi connectivity index (χ0) is 6.85. The molecule has 0 saturated heterocycles. The Balaban J connectivity index is 2.35. The van der Waals surface area contributed by atoms with Crippen LogP contribution in [0.15, 0.2) is 0 Å². The van der Waals surface area contributed by atoms with Crippen molar-refractivity contribution in [3.8, 4) is 0 Å². The molecule has 0 spiro atoms. The van der Waals surface area contributed by atoms with Crippen molar-refractivity contribution in [1.29, 1.82) is 0 Å². The van der Waals surface area contributed by atoms with Gasteiger partial charge in [0.25, 0.3) is 0 Å². The molecule has 0 aliphatic heterocycles. The van der Waals surface area contributed by atoms with Gasteiger partial charge in [-0.25, -0.2) is 0 Å². The fourth-order valence-electron chi connectivity index (χ4n) is 1.55. The summed E-state index contributed by atoms with van der Waals surface area (Å²) in [6.07, 6.45) is 3.51. The average molecular weight is 128 g/mol. The minimum Gasteiger partial charge on any atom is -0.326 e. The van der Waals surface area contributed by atoms with Crippen LogP contribution in [0.4, 0.5) is 0 Å². The SMILES string of the molecule is CCC1CC(N)C(N)C1. The van der Waals surface area contributed by atoms with E-state index in [1.165, 1.54) is 6.42 Å². The van der Waals surface area contributed by atoms with E-state index in [1.54, 1.807) is 0 Å². The molecule has 2 heteroatoms. The molecule has 1 aliphatic rings. The molecule has 0 bridgehead atoms. The highest BCUT2D eigenvalue weighted by atomic mass is 14.8. The van der Waals surface area contributed by atoms with Crippen LogP contribution in [0.1, 0.15) is 26.2 Å². The second-order valence-corrected chi connectivity index (χ2v) is 3.07. The van der Waals surface area contributed by atoms with Crippen LogP contribution in [0.3, 0.4) is 0 Å². The van der Waals surface area contributed by atoms with Gasteiger partial charge in [0.05, 0.1) is 0 Å². The number of nitrogens with two attached hydrogens (primary N) is 2. The van der Waals surface area contributed by atoms with Gasteiger partial charge in [0, 0.05) is 12.1 Å². The first-order valence-electron chi connectivity index (χ1n) is 3.75. The third kappa shape index (κ3) is 1.43. The number of hydrogen-bond acceptors (Lipinski definition) is 2. The number of hydrogen-bond donors (Lipinski definition) is 2. The fourth-order valence-corrected chi connectivity index (χ4v) is 1.55. The summed E-state index contributed by atoms with van der Waals surface area (Å²) in [6, 6.07) is 0.546. The highest BCUT2D eigenvalue weighted by Crippen LogP contribution is 2.25. The molecule has 2 unspecified atom stereocenters. The van der Waals surface area contributed by atoms with Crippen molar-refractivity contribution < 1.29 is 0 Å². The van der Waals surface area contributed by atoms with Gasteiger partial charge in [-0.15, -0.1) is 0 Å². The lowest BCUT2D eigenvalue weighted by Crippen LogP contribution is -2.35. The van der Waals surface area contributed by atoms with Gasteiger partial charge in [0.1, 0.15) is 0 Å². The van der Waals surface area contributed by atoms with Crippen LogP contribution in [0.5, 0.6) is 0 Å². The Morgan fingerprint density at radius 2 is 1.67 bits per heavy atom. The topological polar surface area (TPSA) is 52.0 Å². The van der Waals surface area contributed by atoms with E-state index < -0.39 is 0 Å². The highest BCUT2D eigenvalue weighted by molar-refractivity contribution is 4.87. The summed E-state index contributed by atoms with van der Waals surface area (Å²) in [5.74, 6) is 0.801. The van der Waals surface area contributed by atoms with E-state index in [1.807, 2.05) is 0 Å². The van der Waals surface area contributed by atoms with E-state index in [9.17, 15) is 0 Å². The summed E-state index contributed by atoms with van der Waals surface area (Å²) in [5, 5.41) is 0. The first-order valence-corrected chi connectivity index (χ1v) is 3.75. The molecule has 1 rings (SSSR count).